The van der Waals surface area contributed by atoms with Crippen molar-refractivity contribution in [3.8, 4) is 0 Å². The molecule has 27 heavy (non-hydrogen) atoms. The van der Waals surface area contributed by atoms with Crippen molar-refractivity contribution < 1.29 is 9.59 Å². The van der Waals surface area contributed by atoms with Crippen LogP contribution in [0.5, 0.6) is 0 Å². The molecule has 7 heteroatoms. The molecule has 7 nitrogen and oxygen atoms in total. The first-order valence-electron chi connectivity index (χ1n) is 8.37. The zero-order valence-corrected chi connectivity index (χ0v) is 14.8. The number of nitrogens with one attached hydrogen (secondary N) is 3. The average Bonchev–Trinajstić information content (AvgIpc) is 2.67. The number of rotatable bonds is 6. The summed E-state index contributed by atoms with van der Waals surface area (Å²) in [5.41, 5.74) is 3.45. The van der Waals surface area contributed by atoms with Crippen LogP contribution in [0.2, 0.25) is 0 Å². The average molecular weight is 361 g/mol. The van der Waals surface area contributed by atoms with Crippen LogP contribution >= 0.6 is 0 Å². The molecule has 0 atom stereocenters. The Hall–Kier alpha value is -3.74. The number of anilines is 3. The maximum atomic E-state index is 12.5. The SMILES string of the molecule is CC(=O)Nc1cccc(NC(=O)c2cncc(NCc3ccncc3)c2)c1. The lowest BCUT2D eigenvalue weighted by molar-refractivity contribution is -0.114. The molecule has 0 aliphatic rings. The zero-order valence-electron chi connectivity index (χ0n) is 14.8. The first-order valence-corrected chi connectivity index (χ1v) is 8.37. The van der Waals surface area contributed by atoms with Crippen LogP contribution in [0.1, 0.15) is 22.8 Å². The molecule has 0 saturated carbocycles. The van der Waals surface area contributed by atoms with E-state index in [1.165, 1.54) is 13.1 Å². The minimum atomic E-state index is -0.282. The number of carbonyl (C=O) groups excluding carboxylic acids is 2. The summed E-state index contributed by atoms with van der Waals surface area (Å²) in [7, 11) is 0. The Labute approximate surface area is 156 Å². The van der Waals surface area contributed by atoms with E-state index in [0.29, 0.717) is 23.5 Å². The Kier molecular flexibility index (Phi) is 5.73. The first kappa shape index (κ1) is 18.1. The van der Waals surface area contributed by atoms with Crippen molar-refractivity contribution >= 4 is 28.9 Å². The van der Waals surface area contributed by atoms with E-state index in [-0.39, 0.29) is 11.8 Å². The summed E-state index contributed by atoms with van der Waals surface area (Å²) >= 11 is 0. The molecule has 0 saturated heterocycles. The zero-order chi connectivity index (χ0) is 19.1. The van der Waals surface area contributed by atoms with E-state index in [9.17, 15) is 9.59 Å². The molecule has 0 fully saturated rings. The molecule has 0 unspecified atom stereocenters. The van der Waals surface area contributed by atoms with Crippen LogP contribution in [0, 0.1) is 0 Å². The lowest BCUT2D eigenvalue weighted by atomic mass is 10.2. The fraction of sp³-hybridized carbons (Fsp3) is 0.100. The molecule has 0 radical (unpaired) electrons. The predicted octanol–water partition coefficient (Wildman–Crippen LogP) is 3.30. The number of pyridine rings is 2. The number of benzene rings is 1. The van der Waals surface area contributed by atoms with Gasteiger partial charge in [-0.2, -0.15) is 0 Å². The van der Waals surface area contributed by atoms with Crippen molar-refractivity contribution in [3.63, 3.8) is 0 Å². The van der Waals surface area contributed by atoms with Crippen molar-refractivity contribution in [2.24, 2.45) is 0 Å². The van der Waals surface area contributed by atoms with Gasteiger partial charge in [-0.25, -0.2) is 0 Å². The van der Waals surface area contributed by atoms with Gasteiger partial charge >= 0.3 is 0 Å². The van der Waals surface area contributed by atoms with E-state index in [1.807, 2.05) is 12.1 Å². The van der Waals surface area contributed by atoms with Crippen LogP contribution in [0.15, 0.2) is 67.3 Å². The molecule has 136 valence electrons. The van der Waals surface area contributed by atoms with Crippen molar-refractivity contribution in [1.82, 2.24) is 9.97 Å². The van der Waals surface area contributed by atoms with E-state index in [4.69, 9.17) is 0 Å². The molecule has 0 aliphatic carbocycles. The summed E-state index contributed by atoms with van der Waals surface area (Å²) in [4.78, 5) is 31.8. The maximum Gasteiger partial charge on any atom is 0.257 e. The third-order valence-corrected chi connectivity index (χ3v) is 3.69. The lowest BCUT2D eigenvalue weighted by Gasteiger charge is -2.10. The van der Waals surface area contributed by atoms with Gasteiger partial charge in [-0.05, 0) is 42.0 Å². The molecule has 0 spiro atoms. The Morgan fingerprint density at radius 3 is 2.37 bits per heavy atom. The monoisotopic (exact) mass is 361 g/mol. The lowest BCUT2D eigenvalue weighted by Crippen LogP contribution is -2.13. The highest BCUT2D eigenvalue weighted by Gasteiger charge is 2.08. The highest BCUT2D eigenvalue weighted by molar-refractivity contribution is 6.05. The van der Waals surface area contributed by atoms with Crippen LogP contribution < -0.4 is 16.0 Å². The summed E-state index contributed by atoms with van der Waals surface area (Å²) in [6.07, 6.45) is 6.63. The standard InChI is InChI=1S/C20H19N5O2/c1-14(26)24-17-3-2-4-18(10-17)25-20(27)16-9-19(13-22-12-16)23-11-15-5-7-21-8-6-15/h2-10,12-13,23H,11H2,1H3,(H,24,26)(H,25,27). The van der Waals surface area contributed by atoms with Gasteiger partial charge in [-0.1, -0.05) is 6.07 Å². The third kappa shape index (κ3) is 5.37. The van der Waals surface area contributed by atoms with E-state index in [0.717, 1.165) is 11.3 Å². The Morgan fingerprint density at radius 2 is 1.63 bits per heavy atom. The molecule has 0 bridgehead atoms. The molecular formula is C20H19N5O2. The van der Waals surface area contributed by atoms with Crippen molar-refractivity contribution in [2.45, 2.75) is 13.5 Å². The second kappa shape index (κ2) is 8.57. The molecular weight excluding hydrogens is 342 g/mol. The topological polar surface area (TPSA) is 96.0 Å². The maximum absolute atomic E-state index is 12.5. The van der Waals surface area contributed by atoms with Gasteiger partial charge in [0.05, 0.1) is 11.3 Å². The number of hydrogen-bond acceptors (Lipinski definition) is 5. The van der Waals surface area contributed by atoms with Gasteiger partial charge in [0.2, 0.25) is 5.91 Å². The number of nitrogens with zero attached hydrogens (tertiary/aromatic N) is 2. The molecule has 0 aliphatic heterocycles. The van der Waals surface area contributed by atoms with Gasteiger partial charge in [0.1, 0.15) is 0 Å². The number of carbonyl (C=O) groups is 2. The van der Waals surface area contributed by atoms with Crippen molar-refractivity contribution in [2.75, 3.05) is 16.0 Å². The number of amides is 2. The van der Waals surface area contributed by atoms with Crippen LogP contribution in [-0.2, 0) is 11.3 Å². The van der Waals surface area contributed by atoms with Gasteiger partial charge < -0.3 is 16.0 Å². The summed E-state index contributed by atoms with van der Waals surface area (Å²) in [6, 6.07) is 12.5. The molecule has 1 aromatic carbocycles. The van der Waals surface area contributed by atoms with Gasteiger partial charge in [0.15, 0.2) is 0 Å². The largest absolute Gasteiger partial charge is 0.380 e. The second-order valence-electron chi connectivity index (χ2n) is 5.89. The molecule has 3 N–H and O–H groups in total. The minimum absolute atomic E-state index is 0.171. The third-order valence-electron chi connectivity index (χ3n) is 3.69. The van der Waals surface area contributed by atoms with E-state index >= 15 is 0 Å². The summed E-state index contributed by atoms with van der Waals surface area (Å²) in [6.45, 7) is 2.04. The normalized spacial score (nSPS) is 10.1. The Balaban J connectivity index is 1.65. The second-order valence-corrected chi connectivity index (χ2v) is 5.89. The van der Waals surface area contributed by atoms with Crippen LogP contribution in [0.4, 0.5) is 17.1 Å². The van der Waals surface area contributed by atoms with Gasteiger partial charge in [-0.3, -0.25) is 19.6 Å². The smallest absolute Gasteiger partial charge is 0.257 e. The van der Waals surface area contributed by atoms with Crippen molar-refractivity contribution in [1.29, 1.82) is 0 Å². The van der Waals surface area contributed by atoms with E-state index < -0.39 is 0 Å². The fourth-order valence-electron chi connectivity index (χ4n) is 2.45. The van der Waals surface area contributed by atoms with E-state index in [2.05, 4.69) is 25.9 Å². The Morgan fingerprint density at radius 1 is 0.889 bits per heavy atom. The van der Waals surface area contributed by atoms with Gasteiger partial charge in [-0.15, -0.1) is 0 Å². The van der Waals surface area contributed by atoms with Gasteiger partial charge in [0.25, 0.3) is 5.91 Å². The quantitative estimate of drug-likeness (QED) is 0.626. The first-order chi connectivity index (χ1) is 13.1. The highest BCUT2D eigenvalue weighted by Crippen LogP contribution is 2.17. The number of hydrogen-bond donors (Lipinski definition) is 3. The molecule has 2 heterocycles. The summed E-state index contributed by atoms with van der Waals surface area (Å²) in [5, 5.41) is 8.72. The van der Waals surface area contributed by atoms with E-state index in [1.54, 1.807) is 48.9 Å². The van der Waals surface area contributed by atoms with Gasteiger partial charge in [0, 0.05) is 49.6 Å². The summed E-state index contributed by atoms with van der Waals surface area (Å²) < 4.78 is 0. The van der Waals surface area contributed by atoms with Crippen LogP contribution in [-0.4, -0.2) is 21.8 Å². The van der Waals surface area contributed by atoms with Crippen molar-refractivity contribution in [3.05, 3.63) is 78.4 Å². The molecule has 2 aromatic heterocycles. The molecule has 2 amide bonds. The minimum Gasteiger partial charge on any atom is -0.380 e. The van der Waals surface area contributed by atoms with Crippen LogP contribution in [0.25, 0.3) is 0 Å². The highest BCUT2D eigenvalue weighted by atomic mass is 16.2. The predicted molar refractivity (Wildman–Crippen MR) is 104 cm³/mol. The molecule has 3 aromatic rings. The number of aromatic nitrogens is 2. The fourth-order valence-corrected chi connectivity index (χ4v) is 2.45. The summed E-state index contributed by atoms with van der Waals surface area (Å²) in [5.74, 6) is -0.453. The van der Waals surface area contributed by atoms with Crippen LogP contribution in [0.3, 0.4) is 0 Å². The molecule has 3 rings (SSSR count). The Bertz CT molecular complexity index is 944.